The van der Waals surface area contributed by atoms with Gasteiger partial charge in [-0.05, 0) is 36.3 Å². The average molecular weight is 327 g/mol. The van der Waals surface area contributed by atoms with Crippen LogP contribution in [0.2, 0.25) is 0 Å². The topological polar surface area (TPSA) is 57.6 Å². The number of amides is 1. The standard InChI is InChI=1S/C20H25NO3/c22-19(21-11-10-16-8-4-5-9-17(16)14-21)13-18(20(23)24)12-15-6-2-1-3-7-15/h1-3,6-7,12,16-17H,4-5,8-11,13-14H2,(H,23,24)/b18-12+. The van der Waals surface area contributed by atoms with E-state index in [1.54, 1.807) is 6.08 Å². The lowest BCUT2D eigenvalue weighted by molar-refractivity contribution is -0.137. The van der Waals surface area contributed by atoms with E-state index in [0.717, 1.165) is 31.0 Å². The number of fused-ring (bicyclic) bond motifs is 1. The van der Waals surface area contributed by atoms with Gasteiger partial charge in [0.2, 0.25) is 5.91 Å². The van der Waals surface area contributed by atoms with Crippen LogP contribution in [-0.4, -0.2) is 35.0 Å². The molecule has 1 aliphatic heterocycles. The van der Waals surface area contributed by atoms with Crippen LogP contribution < -0.4 is 0 Å². The van der Waals surface area contributed by atoms with Crippen LogP contribution in [0.15, 0.2) is 35.9 Å². The highest BCUT2D eigenvalue weighted by Gasteiger charge is 2.33. The van der Waals surface area contributed by atoms with Crippen molar-refractivity contribution in [2.75, 3.05) is 13.1 Å². The Kier molecular flexibility index (Phi) is 5.34. The molecule has 2 fully saturated rings. The SMILES string of the molecule is O=C(O)/C(=C/c1ccccc1)CC(=O)N1CCC2CCCCC2C1. The van der Waals surface area contributed by atoms with Crippen LogP contribution in [0, 0.1) is 11.8 Å². The van der Waals surface area contributed by atoms with Crippen LogP contribution in [0.4, 0.5) is 0 Å². The number of carbonyl (C=O) groups excluding carboxylic acids is 1. The van der Waals surface area contributed by atoms with Crippen molar-refractivity contribution in [3.63, 3.8) is 0 Å². The molecule has 0 aromatic heterocycles. The first-order valence-electron chi connectivity index (χ1n) is 8.90. The maximum atomic E-state index is 12.6. The van der Waals surface area contributed by atoms with Gasteiger partial charge in [-0.15, -0.1) is 0 Å². The minimum Gasteiger partial charge on any atom is -0.478 e. The van der Waals surface area contributed by atoms with Crippen LogP contribution >= 0.6 is 0 Å². The smallest absolute Gasteiger partial charge is 0.332 e. The van der Waals surface area contributed by atoms with Crippen LogP contribution in [0.3, 0.4) is 0 Å². The zero-order valence-electron chi connectivity index (χ0n) is 14.0. The maximum Gasteiger partial charge on any atom is 0.332 e. The third-order valence-corrected chi connectivity index (χ3v) is 5.40. The maximum absolute atomic E-state index is 12.6. The average Bonchev–Trinajstić information content (AvgIpc) is 2.61. The Hall–Kier alpha value is -2.10. The molecule has 128 valence electrons. The van der Waals surface area contributed by atoms with Gasteiger partial charge in [0.25, 0.3) is 0 Å². The number of likely N-dealkylation sites (tertiary alicyclic amines) is 1. The van der Waals surface area contributed by atoms with Crippen molar-refractivity contribution in [2.24, 2.45) is 11.8 Å². The largest absolute Gasteiger partial charge is 0.478 e. The van der Waals surface area contributed by atoms with E-state index in [4.69, 9.17) is 0 Å². The fraction of sp³-hybridized carbons (Fsp3) is 0.500. The van der Waals surface area contributed by atoms with Gasteiger partial charge in [0.1, 0.15) is 0 Å². The Morgan fingerprint density at radius 3 is 2.50 bits per heavy atom. The van der Waals surface area contributed by atoms with Crippen LogP contribution in [-0.2, 0) is 9.59 Å². The van der Waals surface area contributed by atoms with Crippen molar-refractivity contribution < 1.29 is 14.7 Å². The molecular formula is C20H25NO3. The number of benzene rings is 1. The summed E-state index contributed by atoms with van der Waals surface area (Å²) in [5.74, 6) is 0.313. The fourth-order valence-electron chi connectivity index (χ4n) is 4.04. The highest BCUT2D eigenvalue weighted by Crippen LogP contribution is 2.36. The normalized spacial score (nSPS) is 24.3. The molecule has 1 aromatic rings. The molecule has 2 aliphatic rings. The van der Waals surface area contributed by atoms with Gasteiger partial charge in [0.05, 0.1) is 6.42 Å². The van der Waals surface area contributed by atoms with Crippen molar-refractivity contribution in [3.8, 4) is 0 Å². The molecule has 0 bridgehead atoms. The third kappa shape index (κ3) is 4.05. The van der Waals surface area contributed by atoms with E-state index in [1.807, 2.05) is 35.2 Å². The second-order valence-electron chi connectivity index (χ2n) is 7.00. The van der Waals surface area contributed by atoms with Gasteiger partial charge < -0.3 is 10.0 Å². The number of rotatable bonds is 4. The van der Waals surface area contributed by atoms with E-state index in [1.165, 1.54) is 25.7 Å². The van der Waals surface area contributed by atoms with Crippen LogP contribution in [0.25, 0.3) is 6.08 Å². The zero-order chi connectivity index (χ0) is 16.9. The van der Waals surface area contributed by atoms with Gasteiger partial charge in [0.15, 0.2) is 0 Å². The Morgan fingerprint density at radius 1 is 1.08 bits per heavy atom. The minimum absolute atomic E-state index is 0.0262. The van der Waals surface area contributed by atoms with Crippen molar-refractivity contribution in [1.29, 1.82) is 0 Å². The molecule has 1 N–H and O–H groups in total. The van der Waals surface area contributed by atoms with Crippen molar-refractivity contribution in [3.05, 3.63) is 41.5 Å². The summed E-state index contributed by atoms with van der Waals surface area (Å²) in [4.78, 5) is 26.0. The summed E-state index contributed by atoms with van der Waals surface area (Å²) in [5.41, 5.74) is 0.977. The van der Waals surface area contributed by atoms with E-state index in [-0.39, 0.29) is 17.9 Å². The number of hydrogen-bond acceptors (Lipinski definition) is 2. The van der Waals surface area contributed by atoms with E-state index in [9.17, 15) is 14.7 Å². The van der Waals surface area contributed by atoms with Crippen molar-refractivity contribution >= 4 is 18.0 Å². The molecule has 1 aromatic carbocycles. The molecule has 2 atom stereocenters. The summed E-state index contributed by atoms with van der Waals surface area (Å²) in [6, 6.07) is 9.31. The second-order valence-corrected chi connectivity index (χ2v) is 7.00. The first-order valence-corrected chi connectivity index (χ1v) is 8.90. The number of hydrogen-bond donors (Lipinski definition) is 1. The highest BCUT2D eigenvalue weighted by molar-refractivity contribution is 5.98. The fourth-order valence-corrected chi connectivity index (χ4v) is 4.04. The van der Waals surface area contributed by atoms with E-state index < -0.39 is 5.97 Å². The van der Waals surface area contributed by atoms with Crippen LogP contribution in [0.1, 0.15) is 44.1 Å². The lowest BCUT2D eigenvalue weighted by Crippen LogP contribution is -2.45. The van der Waals surface area contributed by atoms with Crippen LogP contribution in [0.5, 0.6) is 0 Å². The van der Waals surface area contributed by atoms with Crippen molar-refractivity contribution in [2.45, 2.75) is 38.5 Å². The van der Waals surface area contributed by atoms with Crippen molar-refractivity contribution in [1.82, 2.24) is 4.90 Å². The molecule has 1 saturated carbocycles. The number of aliphatic carboxylic acids is 1. The summed E-state index contributed by atoms with van der Waals surface area (Å²) >= 11 is 0. The summed E-state index contributed by atoms with van der Waals surface area (Å²) in [7, 11) is 0. The minimum atomic E-state index is -1.01. The Balaban J connectivity index is 1.66. The van der Waals surface area contributed by atoms with Gasteiger partial charge >= 0.3 is 5.97 Å². The van der Waals surface area contributed by atoms with Gasteiger partial charge in [-0.3, -0.25) is 4.79 Å². The molecule has 2 unspecified atom stereocenters. The van der Waals surface area contributed by atoms with E-state index in [0.29, 0.717) is 5.92 Å². The molecule has 4 heteroatoms. The van der Waals surface area contributed by atoms with E-state index >= 15 is 0 Å². The molecule has 1 heterocycles. The first kappa shape index (κ1) is 16.7. The summed E-state index contributed by atoms with van der Waals surface area (Å²) < 4.78 is 0. The molecular weight excluding hydrogens is 302 g/mol. The second kappa shape index (κ2) is 7.65. The highest BCUT2D eigenvalue weighted by atomic mass is 16.4. The Bertz CT molecular complexity index is 623. The number of carbonyl (C=O) groups is 2. The number of carboxylic acid groups (broad SMARTS) is 1. The zero-order valence-corrected chi connectivity index (χ0v) is 14.0. The Morgan fingerprint density at radius 2 is 1.79 bits per heavy atom. The molecule has 1 aliphatic carbocycles. The van der Waals surface area contributed by atoms with E-state index in [2.05, 4.69) is 0 Å². The monoisotopic (exact) mass is 327 g/mol. The van der Waals surface area contributed by atoms with Gasteiger partial charge in [-0.25, -0.2) is 4.79 Å². The predicted octanol–water partition coefficient (Wildman–Crippen LogP) is 3.58. The first-order chi connectivity index (χ1) is 11.6. The predicted molar refractivity (Wildman–Crippen MR) is 93.3 cm³/mol. The quantitative estimate of drug-likeness (QED) is 0.860. The summed E-state index contributed by atoms with van der Waals surface area (Å²) in [6.45, 7) is 1.58. The van der Waals surface area contributed by atoms with Gasteiger partial charge in [-0.2, -0.15) is 0 Å². The number of nitrogens with zero attached hydrogens (tertiary/aromatic N) is 1. The molecule has 0 radical (unpaired) electrons. The Labute approximate surface area is 143 Å². The molecule has 3 rings (SSSR count). The number of carboxylic acids is 1. The molecule has 24 heavy (non-hydrogen) atoms. The lowest BCUT2D eigenvalue weighted by atomic mass is 9.75. The molecule has 0 spiro atoms. The molecule has 1 amide bonds. The molecule has 1 saturated heterocycles. The van der Waals surface area contributed by atoms with Gasteiger partial charge in [0, 0.05) is 18.7 Å². The van der Waals surface area contributed by atoms with Gasteiger partial charge in [-0.1, -0.05) is 49.6 Å². The summed E-state index contributed by atoms with van der Waals surface area (Å²) in [5, 5.41) is 9.43. The summed E-state index contributed by atoms with van der Waals surface area (Å²) in [6.07, 6.45) is 7.73. The third-order valence-electron chi connectivity index (χ3n) is 5.40. The molecule has 4 nitrogen and oxygen atoms in total. The number of piperidine rings is 1. The lowest BCUT2D eigenvalue weighted by Gasteiger charge is -2.41.